The minimum Gasteiger partial charge on any atom is -0.339 e. The van der Waals surface area contributed by atoms with Crippen molar-refractivity contribution in [2.75, 3.05) is 11.5 Å². The van der Waals surface area contributed by atoms with E-state index >= 15 is 0 Å². The summed E-state index contributed by atoms with van der Waals surface area (Å²) < 4.78 is 5.24. The van der Waals surface area contributed by atoms with Crippen molar-refractivity contribution in [2.24, 2.45) is 11.7 Å². The maximum Gasteiger partial charge on any atom is 0.226 e. The van der Waals surface area contributed by atoms with Crippen LogP contribution in [0.5, 0.6) is 0 Å². The van der Waals surface area contributed by atoms with E-state index in [9.17, 15) is 0 Å². The molecule has 1 aliphatic heterocycles. The van der Waals surface area contributed by atoms with Crippen LogP contribution in [0, 0.1) is 5.92 Å². The van der Waals surface area contributed by atoms with E-state index in [1.165, 1.54) is 24.3 Å². The second-order valence-corrected chi connectivity index (χ2v) is 5.55. The van der Waals surface area contributed by atoms with E-state index in [2.05, 4.69) is 10.1 Å². The quantitative estimate of drug-likeness (QED) is 0.875. The lowest BCUT2D eigenvalue weighted by Gasteiger charge is -2.19. The lowest BCUT2D eigenvalue weighted by molar-refractivity contribution is 0.339. The van der Waals surface area contributed by atoms with Crippen molar-refractivity contribution in [3.8, 4) is 0 Å². The van der Waals surface area contributed by atoms with Crippen molar-refractivity contribution in [1.29, 1.82) is 0 Å². The second-order valence-electron chi connectivity index (χ2n) is 4.32. The summed E-state index contributed by atoms with van der Waals surface area (Å²) >= 11 is 2.04. The lowest BCUT2D eigenvalue weighted by atomic mass is 9.99. The molecule has 0 saturated carbocycles. The average molecular weight is 241 g/mol. The van der Waals surface area contributed by atoms with E-state index in [0.29, 0.717) is 11.7 Å². The zero-order chi connectivity index (χ0) is 11.4. The Hall–Kier alpha value is -0.550. The first kappa shape index (κ1) is 11.9. The molecular formula is C11H19N3OS. The third-order valence-corrected chi connectivity index (χ3v) is 4.11. The van der Waals surface area contributed by atoms with Crippen LogP contribution in [0.4, 0.5) is 0 Å². The molecule has 1 fully saturated rings. The molecule has 90 valence electrons. The Morgan fingerprint density at radius 1 is 1.50 bits per heavy atom. The Labute approximate surface area is 100 Å². The molecule has 0 aromatic carbocycles. The van der Waals surface area contributed by atoms with Crippen molar-refractivity contribution in [2.45, 2.75) is 38.6 Å². The lowest BCUT2D eigenvalue weighted by Crippen LogP contribution is -2.13. The highest BCUT2D eigenvalue weighted by atomic mass is 32.2. The smallest absolute Gasteiger partial charge is 0.226 e. The van der Waals surface area contributed by atoms with Crippen molar-refractivity contribution in [3.63, 3.8) is 0 Å². The molecule has 0 spiro atoms. The number of nitrogens with two attached hydrogens (primary N) is 1. The first-order chi connectivity index (χ1) is 7.79. The van der Waals surface area contributed by atoms with Gasteiger partial charge in [0.05, 0.1) is 6.04 Å². The van der Waals surface area contributed by atoms with Gasteiger partial charge in [0.1, 0.15) is 0 Å². The summed E-state index contributed by atoms with van der Waals surface area (Å²) in [5.74, 6) is 4.66. The molecule has 2 N–H and O–H groups in total. The Bertz CT molecular complexity index is 323. The van der Waals surface area contributed by atoms with Gasteiger partial charge < -0.3 is 10.3 Å². The fourth-order valence-electron chi connectivity index (χ4n) is 1.88. The van der Waals surface area contributed by atoms with Crippen LogP contribution in [0.2, 0.25) is 0 Å². The van der Waals surface area contributed by atoms with Crippen LogP contribution >= 0.6 is 11.8 Å². The second kappa shape index (κ2) is 5.68. The van der Waals surface area contributed by atoms with Gasteiger partial charge in [0, 0.05) is 6.42 Å². The van der Waals surface area contributed by atoms with Gasteiger partial charge in [-0.3, -0.25) is 0 Å². The molecule has 0 aliphatic carbocycles. The number of aromatic nitrogens is 2. The number of rotatable bonds is 4. The Morgan fingerprint density at radius 3 is 2.94 bits per heavy atom. The van der Waals surface area contributed by atoms with Gasteiger partial charge >= 0.3 is 0 Å². The van der Waals surface area contributed by atoms with Crippen LogP contribution in [0.3, 0.4) is 0 Å². The zero-order valence-electron chi connectivity index (χ0n) is 9.69. The van der Waals surface area contributed by atoms with Gasteiger partial charge in [-0.05, 0) is 36.7 Å². The standard InChI is InChI=1S/C11H19N3OS/c1-2-9(12)11-13-10(15-14-11)7-8-3-5-16-6-4-8/h8-9H,2-7,12H2,1H3. The maximum absolute atomic E-state index is 5.85. The summed E-state index contributed by atoms with van der Waals surface area (Å²) in [5.41, 5.74) is 5.85. The number of thioether (sulfide) groups is 1. The molecule has 2 heterocycles. The van der Waals surface area contributed by atoms with Crippen molar-refractivity contribution in [3.05, 3.63) is 11.7 Å². The van der Waals surface area contributed by atoms with E-state index in [0.717, 1.165) is 18.7 Å². The highest BCUT2D eigenvalue weighted by Crippen LogP contribution is 2.25. The van der Waals surface area contributed by atoms with E-state index in [4.69, 9.17) is 10.3 Å². The minimum absolute atomic E-state index is 0.0839. The van der Waals surface area contributed by atoms with Gasteiger partial charge in [-0.2, -0.15) is 16.7 Å². The third kappa shape index (κ3) is 2.98. The zero-order valence-corrected chi connectivity index (χ0v) is 10.5. The molecule has 0 bridgehead atoms. The Morgan fingerprint density at radius 2 is 2.25 bits per heavy atom. The highest BCUT2D eigenvalue weighted by molar-refractivity contribution is 7.99. The molecule has 1 aromatic rings. The SMILES string of the molecule is CCC(N)c1noc(CC2CCSCC2)n1. The summed E-state index contributed by atoms with van der Waals surface area (Å²) in [7, 11) is 0. The predicted molar refractivity (Wildman–Crippen MR) is 65.3 cm³/mol. The van der Waals surface area contributed by atoms with E-state index < -0.39 is 0 Å². The van der Waals surface area contributed by atoms with Gasteiger partial charge in [-0.15, -0.1) is 0 Å². The van der Waals surface area contributed by atoms with Crippen LogP contribution in [-0.2, 0) is 6.42 Å². The van der Waals surface area contributed by atoms with E-state index in [1.54, 1.807) is 0 Å². The Balaban J connectivity index is 1.91. The fourth-order valence-corrected chi connectivity index (χ4v) is 3.09. The largest absolute Gasteiger partial charge is 0.339 e. The van der Waals surface area contributed by atoms with E-state index in [1.807, 2.05) is 18.7 Å². The summed E-state index contributed by atoms with van der Waals surface area (Å²) in [4.78, 5) is 4.37. The molecule has 1 atom stereocenters. The molecule has 0 radical (unpaired) electrons. The first-order valence-electron chi connectivity index (χ1n) is 5.95. The molecule has 2 rings (SSSR count). The molecule has 1 saturated heterocycles. The number of nitrogens with zero attached hydrogens (tertiary/aromatic N) is 2. The Kier molecular flexibility index (Phi) is 4.23. The van der Waals surface area contributed by atoms with Crippen LogP contribution in [0.25, 0.3) is 0 Å². The van der Waals surface area contributed by atoms with Gasteiger partial charge in [-0.1, -0.05) is 12.1 Å². The van der Waals surface area contributed by atoms with Crippen molar-refractivity contribution in [1.82, 2.24) is 10.1 Å². The normalized spacial score (nSPS) is 19.9. The molecule has 1 aromatic heterocycles. The van der Waals surface area contributed by atoms with E-state index in [-0.39, 0.29) is 6.04 Å². The number of hydrogen-bond acceptors (Lipinski definition) is 5. The van der Waals surface area contributed by atoms with Crippen LogP contribution in [-0.4, -0.2) is 21.6 Å². The summed E-state index contributed by atoms with van der Waals surface area (Å²) in [5, 5.41) is 3.94. The van der Waals surface area contributed by atoms with Crippen molar-refractivity contribution < 1.29 is 4.52 Å². The molecule has 4 nitrogen and oxygen atoms in total. The topological polar surface area (TPSA) is 64.9 Å². The van der Waals surface area contributed by atoms with Crippen LogP contribution in [0.15, 0.2) is 4.52 Å². The van der Waals surface area contributed by atoms with Gasteiger partial charge in [-0.25, -0.2) is 0 Å². The summed E-state index contributed by atoms with van der Waals surface area (Å²) in [6.45, 7) is 2.03. The van der Waals surface area contributed by atoms with Crippen LogP contribution in [0.1, 0.15) is 43.9 Å². The molecular weight excluding hydrogens is 222 g/mol. The minimum atomic E-state index is -0.0839. The predicted octanol–water partition coefficient (Wildman–Crippen LogP) is 2.17. The van der Waals surface area contributed by atoms with Gasteiger partial charge in [0.25, 0.3) is 0 Å². The van der Waals surface area contributed by atoms with Crippen LogP contribution < -0.4 is 5.73 Å². The van der Waals surface area contributed by atoms with Gasteiger partial charge in [0.2, 0.25) is 5.89 Å². The summed E-state index contributed by atoms with van der Waals surface area (Å²) in [6.07, 6.45) is 4.30. The number of hydrogen-bond donors (Lipinski definition) is 1. The molecule has 5 heteroatoms. The first-order valence-corrected chi connectivity index (χ1v) is 7.11. The third-order valence-electron chi connectivity index (χ3n) is 3.06. The van der Waals surface area contributed by atoms with Gasteiger partial charge in [0.15, 0.2) is 5.82 Å². The monoisotopic (exact) mass is 241 g/mol. The van der Waals surface area contributed by atoms with Crippen molar-refractivity contribution >= 4 is 11.8 Å². The average Bonchev–Trinajstić information content (AvgIpc) is 2.78. The maximum atomic E-state index is 5.85. The molecule has 1 aliphatic rings. The molecule has 1 unspecified atom stereocenters. The highest BCUT2D eigenvalue weighted by Gasteiger charge is 2.19. The summed E-state index contributed by atoms with van der Waals surface area (Å²) in [6, 6.07) is -0.0839. The molecule has 0 amide bonds. The molecule has 16 heavy (non-hydrogen) atoms. The fraction of sp³-hybridized carbons (Fsp3) is 0.818.